The third-order valence-corrected chi connectivity index (χ3v) is 3.92. The fraction of sp³-hybridized carbons (Fsp3) is 0.312. The minimum absolute atomic E-state index is 0.189. The predicted octanol–water partition coefficient (Wildman–Crippen LogP) is 2.67. The third-order valence-electron chi connectivity index (χ3n) is 3.92. The SMILES string of the molecule is N#Cc1ccc(N2CCCC2CO)c2ccccc12. The summed E-state index contributed by atoms with van der Waals surface area (Å²) >= 11 is 0. The van der Waals surface area contributed by atoms with Crippen LogP contribution in [0.3, 0.4) is 0 Å². The first-order chi connectivity index (χ1) is 9.35. The molecule has 1 saturated heterocycles. The number of anilines is 1. The molecule has 19 heavy (non-hydrogen) atoms. The Morgan fingerprint density at radius 2 is 2.00 bits per heavy atom. The van der Waals surface area contributed by atoms with Crippen molar-refractivity contribution in [3.05, 3.63) is 42.0 Å². The van der Waals surface area contributed by atoms with Gasteiger partial charge >= 0.3 is 0 Å². The van der Waals surface area contributed by atoms with E-state index in [4.69, 9.17) is 0 Å². The zero-order valence-electron chi connectivity index (χ0n) is 10.7. The first-order valence-electron chi connectivity index (χ1n) is 6.64. The van der Waals surface area contributed by atoms with Crippen molar-refractivity contribution >= 4 is 16.5 Å². The molecule has 0 radical (unpaired) electrons. The quantitative estimate of drug-likeness (QED) is 0.893. The molecule has 0 spiro atoms. The number of hydrogen-bond donors (Lipinski definition) is 1. The lowest BCUT2D eigenvalue weighted by Gasteiger charge is -2.26. The van der Waals surface area contributed by atoms with Gasteiger partial charge in [-0.1, -0.05) is 24.3 Å². The Morgan fingerprint density at radius 1 is 1.21 bits per heavy atom. The maximum absolute atomic E-state index is 9.48. The molecule has 1 aliphatic heterocycles. The van der Waals surface area contributed by atoms with Gasteiger partial charge in [-0.3, -0.25) is 0 Å². The average Bonchev–Trinajstić information content (AvgIpc) is 2.94. The molecule has 0 aliphatic carbocycles. The van der Waals surface area contributed by atoms with Crippen LogP contribution < -0.4 is 4.90 Å². The van der Waals surface area contributed by atoms with Crippen LogP contribution in [-0.4, -0.2) is 24.3 Å². The second-order valence-corrected chi connectivity index (χ2v) is 4.96. The summed E-state index contributed by atoms with van der Waals surface area (Å²) in [4.78, 5) is 2.27. The summed E-state index contributed by atoms with van der Waals surface area (Å²) in [7, 11) is 0. The number of benzene rings is 2. The Hall–Kier alpha value is -2.05. The highest BCUT2D eigenvalue weighted by Gasteiger charge is 2.25. The highest BCUT2D eigenvalue weighted by Crippen LogP contribution is 2.33. The Balaban J connectivity index is 2.17. The van der Waals surface area contributed by atoms with Crippen LogP contribution in [0.2, 0.25) is 0 Å². The van der Waals surface area contributed by atoms with E-state index in [1.807, 2.05) is 30.3 Å². The standard InChI is InChI=1S/C16H16N2O/c17-10-12-7-8-16(15-6-2-1-5-14(12)15)18-9-3-4-13(18)11-19/h1-2,5-8,13,19H,3-4,9,11H2. The summed E-state index contributed by atoms with van der Waals surface area (Å²) in [5.41, 5.74) is 1.84. The summed E-state index contributed by atoms with van der Waals surface area (Å²) in [6.07, 6.45) is 2.14. The second-order valence-electron chi connectivity index (χ2n) is 4.96. The molecule has 1 heterocycles. The summed E-state index contributed by atoms with van der Waals surface area (Å²) in [5, 5.41) is 20.8. The Bertz CT molecular complexity index is 645. The van der Waals surface area contributed by atoms with Crippen molar-refractivity contribution in [2.45, 2.75) is 18.9 Å². The van der Waals surface area contributed by atoms with Gasteiger partial charge in [0.25, 0.3) is 0 Å². The highest BCUT2D eigenvalue weighted by molar-refractivity contribution is 5.98. The van der Waals surface area contributed by atoms with Gasteiger partial charge in [0.15, 0.2) is 0 Å². The van der Waals surface area contributed by atoms with Crippen LogP contribution in [0, 0.1) is 11.3 Å². The van der Waals surface area contributed by atoms with E-state index in [1.165, 1.54) is 0 Å². The monoisotopic (exact) mass is 252 g/mol. The minimum atomic E-state index is 0.189. The molecule has 96 valence electrons. The molecule has 3 rings (SSSR count). The maximum atomic E-state index is 9.48. The van der Waals surface area contributed by atoms with E-state index in [0.717, 1.165) is 35.8 Å². The van der Waals surface area contributed by atoms with Crippen molar-refractivity contribution in [3.8, 4) is 6.07 Å². The van der Waals surface area contributed by atoms with E-state index in [0.29, 0.717) is 5.56 Å². The van der Waals surface area contributed by atoms with Crippen molar-refractivity contribution in [1.82, 2.24) is 0 Å². The van der Waals surface area contributed by atoms with Gasteiger partial charge in [-0.2, -0.15) is 5.26 Å². The Kier molecular flexibility index (Phi) is 3.10. The molecular formula is C16H16N2O. The van der Waals surface area contributed by atoms with E-state index in [9.17, 15) is 10.4 Å². The molecule has 0 saturated carbocycles. The van der Waals surface area contributed by atoms with Crippen LogP contribution in [0.15, 0.2) is 36.4 Å². The lowest BCUT2D eigenvalue weighted by Crippen LogP contribution is -2.32. The molecule has 1 aliphatic rings. The molecule has 1 fully saturated rings. The fourth-order valence-electron chi connectivity index (χ4n) is 2.97. The Labute approximate surface area is 112 Å². The van der Waals surface area contributed by atoms with E-state index in [1.54, 1.807) is 0 Å². The minimum Gasteiger partial charge on any atom is -0.394 e. The number of aliphatic hydroxyl groups is 1. The zero-order valence-corrected chi connectivity index (χ0v) is 10.7. The number of aliphatic hydroxyl groups excluding tert-OH is 1. The molecule has 0 aromatic heterocycles. The van der Waals surface area contributed by atoms with Crippen LogP contribution in [-0.2, 0) is 0 Å². The van der Waals surface area contributed by atoms with Gasteiger partial charge < -0.3 is 10.0 Å². The summed E-state index contributed by atoms with van der Waals surface area (Å²) in [6, 6.07) is 14.3. The van der Waals surface area contributed by atoms with Gasteiger partial charge in [-0.15, -0.1) is 0 Å². The molecule has 2 aromatic rings. The first kappa shape index (κ1) is 12.0. The second kappa shape index (κ2) is 4.91. The lowest BCUT2D eigenvalue weighted by molar-refractivity contribution is 0.266. The molecule has 1 unspecified atom stereocenters. The van der Waals surface area contributed by atoms with E-state index >= 15 is 0 Å². The van der Waals surface area contributed by atoms with Crippen LogP contribution in [0.25, 0.3) is 10.8 Å². The average molecular weight is 252 g/mol. The lowest BCUT2D eigenvalue weighted by atomic mass is 10.0. The third kappa shape index (κ3) is 1.94. The van der Waals surface area contributed by atoms with E-state index < -0.39 is 0 Å². The van der Waals surface area contributed by atoms with Crippen molar-refractivity contribution in [3.63, 3.8) is 0 Å². The van der Waals surface area contributed by atoms with Crippen LogP contribution in [0.1, 0.15) is 18.4 Å². The smallest absolute Gasteiger partial charge is 0.0998 e. The van der Waals surface area contributed by atoms with Gasteiger partial charge in [-0.05, 0) is 25.0 Å². The highest BCUT2D eigenvalue weighted by atomic mass is 16.3. The molecule has 0 bridgehead atoms. The van der Waals surface area contributed by atoms with Gasteiger partial charge in [0.1, 0.15) is 0 Å². The van der Waals surface area contributed by atoms with Crippen molar-refractivity contribution < 1.29 is 5.11 Å². The largest absolute Gasteiger partial charge is 0.394 e. The first-order valence-corrected chi connectivity index (χ1v) is 6.64. The molecule has 3 heteroatoms. The number of rotatable bonds is 2. The predicted molar refractivity (Wildman–Crippen MR) is 76.1 cm³/mol. The fourth-order valence-corrected chi connectivity index (χ4v) is 2.97. The molecular weight excluding hydrogens is 236 g/mol. The summed E-state index contributed by atoms with van der Waals surface area (Å²) in [6.45, 7) is 1.16. The molecule has 0 amide bonds. The van der Waals surface area contributed by atoms with Crippen LogP contribution in [0.5, 0.6) is 0 Å². The number of hydrogen-bond acceptors (Lipinski definition) is 3. The van der Waals surface area contributed by atoms with E-state index in [2.05, 4.69) is 17.0 Å². The van der Waals surface area contributed by atoms with Crippen LogP contribution >= 0.6 is 0 Å². The van der Waals surface area contributed by atoms with Crippen molar-refractivity contribution in [2.24, 2.45) is 0 Å². The van der Waals surface area contributed by atoms with Gasteiger partial charge in [0, 0.05) is 23.0 Å². The maximum Gasteiger partial charge on any atom is 0.0998 e. The van der Waals surface area contributed by atoms with Crippen LogP contribution in [0.4, 0.5) is 5.69 Å². The number of nitrogens with zero attached hydrogens (tertiary/aromatic N) is 2. The molecule has 1 atom stereocenters. The zero-order chi connectivity index (χ0) is 13.2. The summed E-state index contributed by atoms with van der Waals surface area (Å²) < 4.78 is 0. The van der Waals surface area contributed by atoms with E-state index in [-0.39, 0.29) is 12.6 Å². The van der Waals surface area contributed by atoms with Crippen molar-refractivity contribution in [2.75, 3.05) is 18.1 Å². The number of nitriles is 1. The molecule has 1 N–H and O–H groups in total. The molecule has 2 aromatic carbocycles. The van der Waals surface area contributed by atoms with Gasteiger partial charge in [-0.25, -0.2) is 0 Å². The molecule has 3 nitrogen and oxygen atoms in total. The Morgan fingerprint density at radius 3 is 2.74 bits per heavy atom. The van der Waals surface area contributed by atoms with Gasteiger partial charge in [0.2, 0.25) is 0 Å². The van der Waals surface area contributed by atoms with Crippen molar-refractivity contribution in [1.29, 1.82) is 5.26 Å². The van der Waals surface area contributed by atoms with Gasteiger partial charge in [0.05, 0.1) is 24.3 Å². The topological polar surface area (TPSA) is 47.3 Å². The summed E-state index contributed by atoms with van der Waals surface area (Å²) in [5.74, 6) is 0. The number of fused-ring (bicyclic) bond motifs is 1. The normalized spacial score (nSPS) is 18.7.